The lowest BCUT2D eigenvalue weighted by Gasteiger charge is -2.18. The number of rotatable bonds is 7. The number of nitro groups is 1. The van der Waals surface area contributed by atoms with E-state index in [4.69, 9.17) is 0 Å². The van der Waals surface area contributed by atoms with Crippen molar-refractivity contribution in [2.24, 2.45) is 0 Å². The van der Waals surface area contributed by atoms with E-state index in [2.05, 4.69) is 5.32 Å². The van der Waals surface area contributed by atoms with Crippen molar-refractivity contribution in [3.8, 4) is 0 Å². The molecule has 1 rings (SSSR count). The molecule has 0 aliphatic heterocycles. The minimum absolute atomic E-state index is 0.138. The van der Waals surface area contributed by atoms with Crippen LogP contribution >= 0.6 is 0 Å². The molecule has 9 heteroatoms. The molecule has 0 radical (unpaired) electrons. The Balaban J connectivity index is 3.19. The molecular formula is C12H18FN3O4S. The third kappa shape index (κ3) is 3.96. The van der Waals surface area contributed by atoms with Crippen LogP contribution in [0.2, 0.25) is 0 Å². The number of sulfonamides is 1. The fraction of sp³-hybridized carbons (Fsp3) is 0.500. The Morgan fingerprint density at radius 1 is 1.43 bits per heavy atom. The summed E-state index contributed by atoms with van der Waals surface area (Å²) in [5.41, 5.74) is -0.707. The highest BCUT2D eigenvalue weighted by atomic mass is 32.2. The minimum Gasteiger partial charge on any atom is -0.320 e. The maximum absolute atomic E-state index is 13.5. The van der Waals surface area contributed by atoms with E-state index < -0.39 is 26.5 Å². The lowest BCUT2D eigenvalue weighted by Crippen LogP contribution is -2.30. The Kier molecular flexibility index (Phi) is 5.76. The van der Waals surface area contributed by atoms with Gasteiger partial charge in [-0.05, 0) is 38.6 Å². The second-order valence-electron chi connectivity index (χ2n) is 4.61. The summed E-state index contributed by atoms with van der Waals surface area (Å²) >= 11 is 0. The molecule has 0 aliphatic rings. The normalized spacial score (nSPS) is 11.9. The first-order chi connectivity index (χ1) is 9.71. The monoisotopic (exact) mass is 319 g/mol. The molecule has 0 saturated carbocycles. The summed E-state index contributed by atoms with van der Waals surface area (Å²) in [5.74, 6) is -1.05. The fourth-order valence-corrected chi connectivity index (χ4v) is 3.26. The molecule has 0 unspecified atom stereocenters. The molecule has 0 aliphatic carbocycles. The van der Waals surface area contributed by atoms with Gasteiger partial charge in [0, 0.05) is 19.7 Å². The Morgan fingerprint density at radius 2 is 2.05 bits per heavy atom. The van der Waals surface area contributed by atoms with Gasteiger partial charge in [-0.3, -0.25) is 10.1 Å². The summed E-state index contributed by atoms with van der Waals surface area (Å²) in [6, 6.07) is 1.64. The standard InChI is InChI=1S/C12H18FN3O4S/c1-9-7-10(13)11(16(17)18)8-12(9)21(19,20)15(3)6-4-5-14-2/h7-8,14H,4-6H2,1-3H3. The lowest BCUT2D eigenvalue weighted by molar-refractivity contribution is -0.387. The van der Waals surface area contributed by atoms with Gasteiger partial charge in [-0.25, -0.2) is 12.7 Å². The van der Waals surface area contributed by atoms with Gasteiger partial charge in [0.15, 0.2) is 0 Å². The highest BCUT2D eigenvalue weighted by molar-refractivity contribution is 7.89. The molecule has 0 fully saturated rings. The second kappa shape index (κ2) is 6.92. The summed E-state index contributed by atoms with van der Waals surface area (Å²) in [7, 11) is -0.748. The molecule has 0 atom stereocenters. The highest BCUT2D eigenvalue weighted by Crippen LogP contribution is 2.27. The quantitative estimate of drug-likeness (QED) is 0.464. The molecule has 0 aromatic heterocycles. The van der Waals surface area contributed by atoms with Crippen molar-refractivity contribution in [3.05, 3.63) is 33.6 Å². The molecule has 118 valence electrons. The van der Waals surface area contributed by atoms with Crippen LogP contribution < -0.4 is 5.32 Å². The van der Waals surface area contributed by atoms with E-state index >= 15 is 0 Å². The topological polar surface area (TPSA) is 92.6 Å². The number of nitrogens with one attached hydrogen (secondary N) is 1. The zero-order chi connectivity index (χ0) is 16.2. The van der Waals surface area contributed by atoms with Crippen molar-refractivity contribution in [3.63, 3.8) is 0 Å². The number of halogens is 1. The predicted molar refractivity (Wildman–Crippen MR) is 76.2 cm³/mol. The van der Waals surface area contributed by atoms with Gasteiger partial charge in [-0.2, -0.15) is 4.39 Å². The van der Waals surface area contributed by atoms with Gasteiger partial charge < -0.3 is 5.32 Å². The number of hydrogen-bond donors (Lipinski definition) is 1. The third-order valence-electron chi connectivity index (χ3n) is 3.03. The van der Waals surface area contributed by atoms with Crippen molar-refractivity contribution in [1.82, 2.24) is 9.62 Å². The van der Waals surface area contributed by atoms with Gasteiger partial charge in [0.25, 0.3) is 0 Å². The molecule has 0 spiro atoms. The fourth-order valence-electron chi connectivity index (χ4n) is 1.83. The van der Waals surface area contributed by atoms with Crippen LogP contribution in [0.4, 0.5) is 10.1 Å². The van der Waals surface area contributed by atoms with E-state index in [9.17, 15) is 22.9 Å². The Labute approximate surface area is 123 Å². The number of nitrogens with zero attached hydrogens (tertiary/aromatic N) is 2. The summed E-state index contributed by atoms with van der Waals surface area (Å²) in [6.07, 6.45) is 0.592. The van der Waals surface area contributed by atoms with E-state index in [1.807, 2.05) is 0 Å². The van der Waals surface area contributed by atoms with Crippen LogP contribution in [0.1, 0.15) is 12.0 Å². The van der Waals surface area contributed by atoms with Crippen LogP contribution in [0.3, 0.4) is 0 Å². The van der Waals surface area contributed by atoms with Crippen LogP contribution in [0.15, 0.2) is 17.0 Å². The minimum atomic E-state index is -3.89. The molecular weight excluding hydrogens is 301 g/mol. The summed E-state index contributed by atoms with van der Waals surface area (Å²) in [5, 5.41) is 13.6. The van der Waals surface area contributed by atoms with Crippen LogP contribution in [0.25, 0.3) is 0 Å². The number of benzene rings is 1. The van der Waals surface area contributed by atoms with E-state index in [-0.39, 0.29) is 17.0 Å². The summed E-state index contributed by atoms with van der Waals surface area (Å²) < 4.78 is 39.4. The SMILES string of the molecule is CNCCCN(C)S(=O)(=O)c1cc([N+](=O)[O-])c(F)cc1C. The maximum atomic E-state index is 13.5. The number of nitro benzene ring substituents is 1. The molecule has 21 heavy (non-hydrogen) atoms. The zero-order valence-corrected chi connectivity index (χ0v) is 12.9. The second-order valence-corrected chi connectivity index (χ2v) is 6.62. The Hall–Kier alpha value is -1.58. The molecule has 0 heterocycles. The van der Waals surface area contributed by atoms with Gasteiger partial charge in [0.05, 0.1) is 9.82 Å². The van der Waals surface area contributed by atoms with Gasteiger partial charge in [0.1, 0.15) is 0 Å². The van der Waals surface area contributed by atoms with Gasteiger partial charge >= 0.3 is 5.69 Å². The van der Waals surface area contributed by atoms with Gasteiger partial charge in [0.2, 0.25) is 15.8 Å². The van der Waals surface area contributed by atoms with Gasteiger partial charge in [-0.15, -0.1) is 0 Å². The smallest absolute Gasteiger partial charge is 0.306 e. The van der Waals surface area contributed by atoms with Crippen molar-refractivity contribution in [2.75, 3.05) is 27.2 Å². The van der Waals surface area contributed by atoms with E-state index in [1.54, 1.807) is 7.05 Å². The van der Waals surface area contributed by atoms with Crippen LogP contribution in [0, 0.1) is 22.9 Å². The van der Waals surface area contributed by atoms with E-state index in [1.165, 1.54) is 14.0 Å². The van der Waals surface area contributed by atoms with Gasteiger partial charge in [-0.1, -0.05) is 0 Å². The van der Waals surface area contributed by atoms with E-state index in [0.717, 1.165) is 16.4 Å². The van der Waals surface area contributed by atoms with Crippen LogP contribution in [-0.2, 0) is 10.0 Å². The van der Waals surface area contributed by atoms with Crippen molar-refractivity contribution in [1.29, 1.82) is 0 Å². The summed E-state index contributed by atoms with van der Waals surface area (Å²) in [6.45, 7) is 2.30. The Morgan fingerprint density at radius 3 is 2.57 bits per heavy atom. The van der Waals surface area contributed by atoms with Crippen molar-refractivity contribution >= 4 is 15.7 Å². The molecule has 0 bridgehead atoms. The first kappa shape index (κ1) is 17.5. The third-order valence-corrected chi connectivity index (χ3v) is 5.03. The number of hydrogen-bond acceptors (Lipinski definition) is 5. The predicted octanol–water partition coefficient (Wildman–Crippen LogP) is 1.27. The van der Waals surface area contributed by atoms with Crippen LogP contribution in [0.5, 0.6) is 0 Å². The van der Waals surface area contributed by atoms with Crippen molar-refractivity contribution < 1.29 is 17.7 Å². The number of aryl methyl sites for hydroxylation is 1. The average Bonchev–Trinajstić information content (AvgIpc) is 2.37. The maximum Gasteiger partial charge on any atom is 0.306 e. The zero-order valence-electron chi connectivity index (χ0n) is 12.1. The molecule has 1 aromatic rings. The molecule has 1 N–H and O–H groups in total. The summed E-state index contributed by atoms with van der Waals surface area (Å²) in [4.78, 5) is 9.56. The average molecular weight is 319 g/mol. The Bertz CT molecular complexity index is 634. The molecule has 0 saturated heterocycles. The first-order valence-electron chi connectivity index (χ1n) is 6.27. The van der Waals surface area contributed by atoms with Crippen LogP contribution in [-0.4, -0.2) is 44.8 Å². The molecule has 0 amide bonds. The van der Waals surface area contributed by atoms with Crippen molar-refractivity contribution in [2.45, 2.75) is 18.2 Å². The molecule has 7 nitrogen and oxygen atoms in total. The highest BCUT2D eigenvalue weighted by Gasteiger charge is 2.27. The molecule has 1 aromatic carbocycles. The van der Waals surface area contributed by atoms with E-state index in [0.29, 0.717) is 13.0 Å². The largest absolute Gasteiger partial charge is 0.320 e. The first-order valence-corrected chi connectivity index (χ1v) is 7.71. The lowest BCUT2D eigenvalue weighted by atomic mass is 10.2.